The molecule has 21 heavy (non-hydrogen) atoms. The van der Waals surface area contributed by atoms with Crippen LogP contribution in [-0.4, -0.2) is 34.6 Å². The molecule has 3 heteroatoms. The van der Waals surface area contributed by atoms with Crippen LogP contribution in [0.4, 0.5) is 0 Å². The van der Waals surface area contributed by atoms with E-state index in [9.17, 15) is 9.90 Å². The topological polar surface area (TPSA) is 40.5 Å². The zero-order valence-corrected chi connectivity index (χ0v) is 12.4. The third kappa shape index (κ3) is 3.08. The maximum absolute atomic E-state index is 12.7. The summed E-state index contributed by atoms with van der Waals surface area (Å²) in [5.41, 5.74) is 0.0912. The number of aliphatic hydroxyl groups is 1. The number of rotatable bonds is 1. The third-order valence-corrected chi connectivity index (χ3v) is 4.35. The van der Waals surface area contributed by atoms with E-state index in [2.05, 4.69) is 0 Å². The van der Waals surface area contributed by atoms with Crippen LogP contribution in [0.1, 0.15) is 36.5 Å². The van der Waals surface area contributed by atoms with Gasteiger partial charge < -0.3 is 10.0 Å². The van der Waals surface area contributed by atoms with Crippen molar-refractivity contribution in [1.29, 1.82) is 0 Å². The van der Waals surface area contributed by atoms with Crippen LogP contribution >= 0.6 is 0 Å². The SMILES string of the molecule is CC1(O)CCCN(C(=O)c2ccc3ccccc3c2)CC1. The van der Waals surface area contributed by atoms with E-state index in [1.807, 2.05) is 54.3 Å². The lowest BCUT2D eigenvalue weighted by molar-refractivity contribution is 0.0438. The number of hydrogen-bond donors (Lipinski definition) is 1. The summed E-state index contributed by atoms with van der Waals surface area (Å²) in [6.45, 7) is 3.21. The minimum Gasteiger partial charge on any atom is -0.390 e. The molecule has 1 atom stereocenters. The van der Waals surface area contributed by atoms with Crippen molar-refractivity contribution in [3.05, 3.63) is 48.0 Å². The van der Waals surface area contributed by atoms with Gasteiger partial charge in [-0.3, -0.25) is 4.79 Å². The average molecular weight is 283 g/mol. The standard InChI is InChI=1S/C18H21NO2/c1-18(21)9-4-11-19(12-10-18)17(20)16-8-7-14-5-2-3-6-15(14)13-16/h2-3,5-8,13,21H,4,9-12H2,1H3. The number of hydrogen-bond acceptors (Lipinski definition) is 2. The van der Waals surface area contributed by atoms with Crippen LogP contribution in [0, 0.1) is 0 Å². The maximum Gasteiger partial charge on any atom is 0.253 e. The number of carbonyl (C=O) groups excluding carboxylic acids is 1. The van der Waals surface area contributed by atoms with Gasteiger partial charge in [-0.25, -0.2) is 0 Å². The molecule has 3 nitrogen and oxygen atoms in total. The molecule has 2 aromatic rings. The highest BCUT2D eigenvalue weighted by Crippen LogP contribution is 2.23. The molecule has 0 spiro atoms. The maximum atomic E-state index is 12.7. The molecular weight excluding hydrogens is 262 g/mol. The van der Waals surface area contributed by atoms with Gasteiger partial charge in [0, 0.05) is 18.7 Å². The summed E-state index contributed by atoms with van der Waals surface area (Å²) >= 11 is 0. The van der Waals surface area contributed by atoms with Gasteiger partial charge in [0.1, 0.15) is 0 Å². The Kier molecular flexibility index (Phi) is 3.68. The Morgan fingerprint density at radius 3 is 2.67 bits per heavy atom. The average Bonchev–Trinajstić information content (AvgIpc) is 2.67. The Morgan fingerprint density at radius 2 is 1.86 bits per heavy atom. The number of benzene rings is 2. The van der Waals surface area contributed by atoms with E-state index in [1.165, 1.54) is 0 Å². The number of fused-ring (bicyclic) bond motifs is 1. The van der Waals surface area contributed by atoms with Gasteiger partial charge in [0.05, 0.1) is 5.60 Å². The molecule has 0 aromatic heterocycles. The highest BCUT2D eigenvalue weighted by molar-refractivity contribution is 5.98. The van der Waals surface area contributed by atoms with Crippen molar-refractivity contribution in [2.45, 2.75) is 31.8 Å². The second kappa shape index (κ2) is 5.49. The first-order valence-corrected chi connectivity index (χ1v) is 7.56. The summed E-state index contributed by atoms with van der Waals surface area (Å²) in [7, 11) is 0. The fraction of sp³-hybridized carbons (Fsp3) is 0.389. The molecule has 110 valence electrons. The minimum atomic E-state index is -0.640. The van der Waals surface area contributed by atoms with Crippen LogP contribution < -0.4 is 0 Å². The number of carbonyl (C=O) groups is 1. The monoisotopic (exact) mass is 283 g/mol. The van der Waals surface area contributed by atoms with E-state index in [4.69, 9.17) is 0 Å². The van der Waals surface area contributed by atoms with Crippen LogP contribution in [0.25, 0.3) is 10.8 Å². The lowest BCUT2D eigenvalue weighted by Crippen LogP contribution is -2.33. The van der Waals surface area contributed by atoms with Gasteiger partial charge in [0.25, 0.3) is 5.91 Å². The van der Waals surface area contributed by atoms with E-state index in [1.54, 1.807) is 0 Å². The van der Waals surface area contributed by atoms with E-state index < -0.39 is 5.60 Å². The first kappa shape index (κ1) is 14.1. The van der Waals surface area contributed by atoms with Crippen molar-refractivity contribution in [1.82, 2.24) is 4.90 Å². The highest BCUT2D eigenvalue weighted by atomic mass is 16.3. The fourth-order valence-electron chi connectivity index (χ4n) is 2.97. The van der Waals surface area contributed by atoms with E-state index in [-0.39, 0.29) is 5.91 Å². The van der Waals surface area contributed by atoms with Gasteiger partial charge in [0.2, 0.25) is 0 Å². The van der Waals surface area contributed by atoms with Gasteiger partial charge in [-0.1, -0.05) is 30.3 Å². The van der Waals surface area contributed by atoms with Crippen LogP contribution in [0.3, 0.4) is 0 Å². The molecule has 0 aliphatic carbocycles. The molecule has 2 aromatic carbocycles. The minimum absolute atomic E-state index is 0.0680. The number of amides is 1. The van der Waals surface area contributed by atoms with Gasteiger partial charge in [-0.05, 0) is 49.1 Å². The Hall–Kier alpha value is -1.87. The van der Waals surface area contributed by atoms with Crippen molar-refractivity contribution in [3.63, 3.8) is 0 Å². The molecule has 1 unspecified atom stereocenters. The Bertz CT molecular complexity index is 663. The number of likely N-dealkylation sites (tertiary alicyclic amines) is 1. The molecule has 1 N–H and O–H groups in total. The predicted octanol–water partition coefficient (Wildman–Crippen LogP) is 3.22. The summed E-state index contributed by atoms with van der Waals surface area (Å²) in [6, 6.07) is 13.9. The first-order chi connectivity index (χ1) is 10.1. The smallest absolute Gasteiger partial charge is 0.253 e. The predicted molar refractivity (Wildman–Crippen MR) is 84.3 cm³/mol. The molecule has 0 radical (unpaired) electrons. The molecule has 3 rings (SSSR count). The van der Waals surface area contributed by atoms with Crippen molar-refractivity contribution in [2.75, 3.05) is 13.1 Å². The Labute approximate surface area is 125 Å². The third-order valence-electron chi connectivity index (χ3n) is 4.35. The Morgan fingerprint density at radius 1 is 1.10 bits per heavy atom. The fourth-order valence-corrected chi connectivity index (χ4v) is 2.97. The van der Waals surface area contributed by atoms with Crippen LogP contribution in [0.2, 0.25) is 0 Å². The highest BCUT2D eigenvalue weighted by Gasteiger charge is 2.27. The number of nitrogens with zero attached hydrogens (tertiary/aromatic N) is 1. The molecule has 1 fully saturated rings. The van der Waals surface area contributed by atoms with E-state index >= 15 is 0 Å². The lowest BCUT2D eigenvalue weighted by atomic mass is 9.98. The van der Waals surface area contributed by atoms with Gasteiger partial charge in [0.15, 0.2) is 0 Å². The van der Waals surface area contributed by atoms with E-state index in [0.717, 1.165) is 35.7 Å². The van der Waals surface area contributed by atoms with E-state index in [0.29, 0.717) is 13.0 Å². The van der Waals surface area contributed by atoms with Crippen LogP contribution in [0.15, 0.2) is 42.5 Å². The molecule has 1 aliphatic heterocycles. The second-order valence-electron chi connectivity index (χ2n) is 6.20. The van der Waals surface area contributed by atoms with Crippen molar-refractivity contribution >= 4 is 16.7 Å². The van der Waals surface area contributed by atoms with Gasteiger partial charge in [-0.15, -0.1) is 0 Å². The molecule has 0 bridgehead atoms. The molecule has 1 amide bonds. The largest absolute Gasteiger partial charge is 0.390 e. The summed E-state index contributed by atoms with van der Waals surface area (Å²) in [5.74, 6) is 0.0680. The molecule has 0 saturated carbocycles. The molecular formula is C18H21NO2. The quantitative estimate of drug-likeness (QED) is 0.873. The van der Waals surface area contributed by atoms with Gasteiger partial charge in [-0.2, -0.15) is 0 Å². The van der Waals surface area contributed by atoms with Gasteiger partial charge >= 0.3 is 0 Å². The van der Waals surface area contributed by atoms with Crippen LogP contribution in [0.5, 0.6) is 0 Å². The first-order valence-electron chi connectivity index (χ1n) is 7.56. The normalized spacial score (nSPS) is 23.0. The molecule has 1 aliphatic rings. The summed E-state index contributed by atoms with van der Waals surface area (Å²) in [6.07, 6.45) is 2.26. The summed E-state index contributed by atoms with van der Waals surface area (Å²) < 4.78 is 0. The van der Waals surface area contributed by atoms with Crippen molar-refractivity contribution in [3.8, 4) is 0 Å². The summed E-state index contributed by atoms with van der Waals surface area (Å²) in [4.78, 5) is 14.5. The second-order valence-corrected chi connectivity index (χ2v) is 6.20. The molecule has 1 heterocycles. The summed E-state index contributed by atoms with van der Waals surface area (Å²) in [5, 5.41) is 12.4. The lowest BCUT2D eigenvalue weighted by Gasteiger charge is -2.22. The van der Waals surface area contributed by atoms with Crippen molar-refractivity contribution < 1.29 is 9.90 Å². The zero-order valence-electron chi connectivity index (χ0n) is 12.4. The Balaban J connectivity index is 1.83. The van der Waals surface area contributed by atoms with Crippen molar-refractivity contribution in [2.24, 2.45) is 0 Å². The zero-order chi connectivity index (χ0) is 14.9. The van der Waals surface area contributed by atoms with Crippen LogP contribution in [-0.2, 0) is 0 Å². The molecule has 1 saturated heterocycles.